The molecule has 2 rings (SSSR count). The fourth-order valence-corrected chi connectivity index (χ4v) is 3.10. The normalized spacial score (nSPS) is 11.6. The highest BCUT2D eigenvalue weighted by Gasteiger charge is 2.09. The summed E-state index contributed by atoms with van der Waals surface area (Å²) in [5, 5.41) is 5.02. The first-order chi connectivity index (χ1) is 10.7. The molecular formula is C20H32N2. The van der Waals surface area contributed by atoms with Gasteiger partial charge in [0.1, 0.15) is 0 Å². The monoisotopic (exact) mass is 300 g/mol. The fourth-order valence-electron chi connectivity index (χ4n) is 3.10. The van der Waals surface area contributed by atoms with Gasteiger partial charge in [-0.15, -0.1) is 0 Å². The zero-order chi connectivity index (χ0) is 15.8. The first-order valence-corrected chi connectivity index (χ1v) is 9.03. The van der Waals surface area contributed by atoms with Crippen molar-refractivity contribution >= 4 is 10.9 Å². The van der Waals surface area contributed by atoms with Gasteiger partial charge in [0.05, 0.1) is 0 Å². The molecule has 2 nitrogen and oxygen atoms in total. The van der Waals surface area contributed by atoms with Crippen LogP contribution in [-0.2, 0) is 6.54 Å². The number of para-hydroxylation sites is 1. The largest absolute Gasteiger partial charge is 0.345 e. The van der Waals surface area contributed by atoms with Gasteiger partial charge >= 0.3 is 0 Å². The summed E-state index contributed by atoms with van der Waals surface area (Å²) in [4.78, 5) is 0. The van der Waals surface area contributed by atoms with Crippen LogP contribution in [0, 0.1) is 0 Å². The molecule has 122 valence electrons. The van der Waals surface area contributed by atoms with E-state index in [1.807, 2.05) is 0 Å². The van der Waals surface area contributed by atoms with Crippen molar-refractivity contribution in [3.05, 3.63) is 36.0 Å². The Labute approximate surface area is 135 Å². The van der Waals surface area contributed by atoms with E-state index >= 15 is 0 Å². The number of nitrogens with one attached hydrogen (secondary N) is 1. The Morgan fingerprint density at radius 3 is 2.50 bits per heavy atom. The Hall–Kier alpha value is -1.28. The minimum Gasteiger partial charge on any atom is -0.345 e. The molecule has 0 saturated carbocycles. The highest BCUT2D eigenvalue weighted by atomic mass is 15.0. The molecule has 0 aliphatic carbocycles. The summed E-state index contributed by atoms with van der Waals surface area (Å²) < 4.78 is 2.39. The van der Waals surface area contributed by atoms with E-state index in [4.69, 9.17) is 0 Å². The number of aromatic nitrogens is 1. The van der Waals surface area contributed by atoms with Crippen molar-refractivity contribution in [3.63, 3.8) is 0 Å². The van der Waals surface area contributed by atoms with Crippen molar-refractivity contribution in [3.8, 4) is 0 Å². The van der Waals surface area contributed by atoms with Gasteiger partial charge in [-0.2, -0.15) is 0 Å². The number of fused-ring (bicyclic) bond motifs is 1. The number of benzene rings is 1. The Morgan fingerprint density at radius 2 is 1.73 bits per heavy atom. The zero-order valence-electron chi connectivity index (χ0n) is 14.6. The van der Waals surface area contributed by atoms with Crippen molar-refractivity contribution in [2.24, 2.45) is 0 Å². The van der Waals surface area contributed by atoms with Gasteiger partial charge < -0.3 is 9.88 Å². The van der Waals surface area contributed by atoms with E-state index in [9.17, 15) is 0 Å². The van der Waals surface area contributed by atoms with Gasteiger partial charge in [-0.1, -0.05) is 57.2 Å². The fraction of sp³-hybridized carbons (Fsp3) is 0.600. The van der Waals surface area contributed by atoms with E-state index in [0.717, 1.165) is 13.1 Å². The summed E-state index contributed by atoms with van der Waals surface area (Å²) in [5.41, 5.74) is 2.78. The lowest BCUT2D eigenvalue weighted by molar-refractivity contribution is 0.570. The molecule has 0 aliphatic rings. The lowest BCUT2D eigenvalue weighted by Crippen LogP contribution is -2.14. The van der Waals surface area contributed by atoms with Crippen LogP contribution in [0.3, 0.4) is 0 Å². The van der Waals surface area contributed by atoms with Gasteiger partial charge in [-0.3, -0.25) is 0 Å². The Balaban J connectivity index is 1.82. The van der Waals surface area contributed by atoms with Crippen LogP contribution in [0.2, 0.25) is 0 Å². The Kier molecular flexibility index (Phi) is 6.98. The van der Waals surface area contributed by atoms with Crippen LogP contribution in [0.1, 0.15) is 70.9 Å². The van der Waals surface area contributed by atoms with Crippen LogP contribution in [0.5, 0.6) is 0 Å². The minimum absolute atomic E-state index is 0.511. The van der Waals surface area contributed by atoms with Crippen molar-refractivity contribution in [2.75, 3.05) is 6.54 Å². The third-order valence-electron chi connectivity index (χ3n) is 4.40. The maximum atomic E-state index is 3.62. The molecule has 0 spiro atoms. The van der Waals surface area contributed by atoms with Crippen LogP contribution in [0.15, 0.2) is 30.5 Å². The third kappa shape index (κ3) is 4.61. The third-order valence-corrected chi connectivity index (χ3v) is 4.40. The quantitative estimate of drug-likeness (QED) is 0.559. The van der Waals surface area contributed by atoms with E-state index in [0.29, 0.717) is 6.04 Å². The highest BCUT2D eigenvalue weighted by Crippen LogP contribution is 2.24. The molecule has 0 unspecified atom stereocenters. The number of hydrogen-bond acceptors (Lipinski definition) is 1. The maximum Gasteiger partial charge on any atom is 0.0486 e. The minimum atomic E-state index is 0.511. The first-order valence-electron chi connectivity index (χ1n) is 9.03. The Bertz CT molecular complexity index is 554. The molecule has 1 aromatic heterocycles. The predicted octanol–water partition coefficient (Wildman–Crippen LogP) is 5.67. The van der Waals surface area contributed by atoms with E-state index in [2.05, 4.69) is 61.1 Å². The number of hydrogen-bond donors (Lipinski definition) is 1. The van der Waals surface area contributed by atoms with E-state index in [1.165, 1.54) is 55.0 Å². The lowest BCUT2D eigenvalue weighted by atomic mass is 10.1. The zero-order valence-corrected chi connectivity index (χ0v) is 14.6. The molecule has 1 aromatic carbocycles. The molecule has 2 heteroatoms. The van der Waals surface area contributed by atoms with Crippen LogP contribution in [-0.4, -0.2) is 11.1 Å². The van der Waals surface area contributed by atoms with Crippen molar-refractivity contribution in [2.45, 2.75) is 71.9 Å². The van der Waals surface area contributed by atoms with Crippen LogP contribution in [0.4, 0.5) is 0 Å². The van der Waals surface area contributed by atoms with Crippen molar-refractivity contribution < 1.29 is 0 Å². The summed E-state index contributed by atoms with van der Waals surface area (Å²) in [6.45, 7) is 8.89. The van der Waals surface area contributed by atoms with Crippen LogP contribution >= 0.6 is 0 Å². The molecule has 0 bridgehead atoms. The van der Waals surface area contributed by atoms with Gasteiger partial charge in [-0.25, -0.2) is 0 Å². The van der Waals surface area contributed by atoms with Crippen LogP contribution in [0.25, 0.3) is 10.9 Å². The molecule has 0 amide bonds. The molecule has 1 N–H and O–H groups in total. The molecule has 0 fully saturated rings. The number of unbranched alkanes of at least 4 members (excludes halogenated alkanes) is 5. The van der Waals surface area contributed by atoms with Crippen LogP contribution < -0.4 is 5.32 Å². The second kappa shape index (κ2) is 8.99. The average Bonchev–Trinajstić information content (AvgIpc) is 2.89. The van der Waals surface area contributed by atoms with E-state index < -0.39 is 0 Å². The van der Waals surface area contributed by atoms with Gasteiger partial charge in [0.15, 0.2) is 0 Å². The number of rotatable bonds is 10. The lowest BCUT2D eigenvalue weighted by Gasteiger charge is -2.08. The summed E-state index contributed by atoms with van der Waals surface area (Å²) >= 11 is 0. The topological polar surface area (TPSA) is 17.0 Å². The average molecular weight is 300 g/mol. The Morgan fingerprint density at radius 1 is 1.00 bits per heavy atom. The molecule has 22 heavy (non-hydrogen) atoms. The summed E-state index contributed by atoms with van der Waals surface area (Å²) in [5.74, 6) is 0. The van der Waals surface area contributed by atoms with Gasteiger partial charge in [0.25, 0.3) is 0 Å². The summed E-state index contributed by atoms with van der Waals surface area (Å²) in [6.07, 6.45) is 10.5. The second-order valence-electron chi connectivity index (χ2n) is 6.62. The molecule has 0 aliphatic heterocycles. The highest BCUT2D eigenvalue weighted by molar-refractivity contribution is 5.84. The van der Waals surface area contributed by atoms with Gasteiger partial charge in [-0.05, 0) is 38.4 Å². The predicted molar refractivity (Wildman–Crippen MR) is 97.4 cm³/mol. The molecule has 0 atom stereocenters. The maximum absolute atomic E-state index is 3.62. The van der Waals surface area contributed by atoms with Crippen molar-refractivity contribution in [1.82, 2.24) is 9.88 Å². The molecule has 0 radical (unpaired) electrons. The molecule has 1 heterocycles. The van der Waals surface area contributed by atoms with Gasteiger partial charge in [0.2, 0.25) is 0 Å². The summed E-state index contributed by atoms with van der Waals surface area (Å²) in [7, 11) is 0. The molecular weight excluding hydrogens is 268 g/mol. The van der Waals surface area contributed by atoms with Gasteiger partial charge in [0, 0.05) is 29.7 Å². The molecule has 0 saturated heterocycles. The van der Waals surface area contributed by atoms with E-state index in [-0.39, 0.29) is 0 Å². The summed E-state index contributed by atoms with van der Waals surface area (Å²) in [6, 6.07) is 9.26. The second-order valence-corrected chi connectivity index (χ2v) is 6.62. The SMILES string of the molecule is CCCCCCCCNCc1cn(C(C)C)c2ccccc12. The molecule has 2 aromatic rings. The smallest absolute Gasteiger partial charge is 0.0486 e. The number of nitrogens with zero attached hydrogens (tertiary/aromatic N) is 1. The van der Waals surface area contributed by atoms with E-state index in [1.54, 1.807) is 0 Å². The van der Waals surface area contributed by atoms with Crippen molar-refractivity contribution in [1.29, 1.82) is 0 Å². The first kappa shape index (κ1) is 17.1. The standard InChI is InChI=1S/C20H32N2/c1-4-5-6-7-8-11-14-21-15-18-16-22(17(2)3)20-13-10-9-12-19(18)20/h9-10,12-13,16-17,21H,4-8,11,14-15H2,1-3H3.